The number of halogens is 1. The quantitative estimate of drug-likeness (QED) is 0.809. The van der Waals surface area contributed by atoms with E-state index in [-0.39, 0.29) is 0 Å². The van der Waals surface area contributed by atoms with Crippen LogP contribution < -0.4 is 0 Å². The average molecular weight is 234 g/mol. The standard InChI is InChI=1S/C13H12ClNO/c1-16-9-11-5-3-7-15-13(11)10-4-2-6-12(14)8-10/h2-8H,9H2,1H3. The van der Waals surface area contributed by atoms with Gasteiger partial charge in [-0.2, -0.15) is 0 Å². The van der Waals surface area contributed by atoms with Gasteiger partial charge in [-0.05, 0) is 18.2 Å². The van der Waals surface area contributed by atoms with E-state index >= 15 is 0 Å². The molecule has 0 atom stereocenters. The molecule has 0 N–H and O–H groups in total. The molecular formula is C13H12ClNO. The number of ether oxygens (including phenoxy) is 1. The van der Waals surface area contributed by atoms with Crippen molar-refractivity contribution in [2.24, 2.45) is 0 Å². The van der Waals surface area contributed by atoms with Crippen molar-refractivity contribution in [1.29, 1.82) is 0 Å². The van der Waals surface area contributed by atoms with E-state index in [9.17, 15) is 0 Å². The molecule has 16 heavy (non-hydrogen) atoms. The monoisotopic (exact) mass is 233 g/mol. The van der Waals surface area contributed by atoms with Crippen LogP contribution in [0, 0.1) is 0 Å². The zero-order valence-electron chi connectivity index (χ0n) is 8.98. The van der Waals surface area contributed by atoms with Crippen LogP contribution in [0.25, 0.3) is 11.3 Å². The predicted octanol–water partition coefficient (Wildman–Crippen LogP) is 3.55. The number of pyridine rings is 1. The average Bonchev–Trinajstić information content (AvgIpc) is 2.30. The maximum atomic E-state index is 5.97. The van der Waals surface area contributed by atoms with Crippen molar-refractivity contribution in [2.45, 2.75) is 6.61 Å². The first-order valence-electron chi connectivity index (χ1n) is 5.00. The summed E-state index contributed by atoms with van der Waals surface area (Å²) in [6.45, 7) is 0.551. The maximum absolute atomic E-state index is 5.97. The lowest BCUT2D eigenvalue weighted by molar-refractivity contribution is 0.185. The van der Waals surface area contributed by atoms with Gasteiger partial charge >= 0.3 is 0 Å². The highest BCUT2D eigenvalue weighted by molar-refractivity contribution is 6.30. The fourth-order valence-corrected chi connectivity index (χ4v) is 1.80. The van der Waals surface area contributed by atoms with Crippen molar-refractivity contribution in [3.8, 4) is 11.3 Å². The first kappa shape index (κ1) is 11.1. The van der Waals surface area contributed by atoms with E-state index in [2.05, 4.69) is 4.98 Å². The second kappa shape index (κ2) is 5.10. The summed E-state index contributed by atoms with van der Waals surface area (Å²) in [6.07, 6.45) is 1.77. The van der Waals surface area contributed by atoms with Crippen LogP contribution in [0.5, 0.6) is 0 Å². The third-order valence-corrected chi connectivity index (χ3v) is 2.52. The van der Waals surface area contributed by atoms with Crippen LogP contribution >= 0.6 is 11.6 Å². The second-order valence-corrected chi connectivity index (χ2v) is 3.89. The summed E-state index contributed by atoms with van der Waals surface area (Å²) in [6, 6.07) is 11.6. The van der Waals surface area contributed by atoms with Gasteiger partial charge in [0.2, 0.25) is 0 Å². The number of rotatable bonds is 3. The Bertz CT molecular complexity index is 485. The summed E-state index contributed by atoms with van der Waals surface area (Å²) < 4.78 is 5.15. The summed E-state index contributed by atoms with van der Waals surface area (Å²) in [7, 11) is 1.68. The minimum Gasteiger partial charge on any atom is -0.380 e. The van der Waals surface area contributed by atoms with Crippen molar-refractivity contribution in [3.63, 3.8) is 0 Å². The van der Waals surface area contributed by atoms with E-state index < -0.39 is 0 Å². The Balaban J connectivity index is 2.46. The molecule has 2 rings (SSSR count). The minimum absolute atomic E-state index is 0.551. The van der Waals surface area contributed by atoms with E-state index in [1.807, 2.05) is 36.4 Å². The molecule has 0 fully saturated rings. The molecule has 0 aliphatic carbocycles. The molecule has 0 saturated heterocycles. The van der Waals surface area contributed by atoms with Gasteiger partial charge in [-0.3, -0.25) is 4.98 Å². The molecule has 0 radical (unpaired) electrons. The van der Waals surface area contributed by atoms with Gasteiger partial charge < -0.3 is 4.74 Å². The number of nitrogens with zero attached hydrogens (tertiary/aromatic N) is 1. The van der Waals surface area contributed by atoms with Crippen LogP contribution in [0.2, 0.25) is 5.02 Å². The number of methoxy groups -OCH3 is 1. The summed E-state index contributed by atoms with van der Waals surface area (Å²) in [5, 5.41) is 0.714. The molecule has 0 bridgehead atoms. The van der Waals surface area contributed by atoms with Crippen LogP contribution in [0.1, 0.15) is 5.56 Å². The Morgan fingerprint density at radius 2 is 2.12 bits per heavy atom. The Morgan fingerprint density at radius 3 is 2.88 bits per heavy atom. The van der Waals surface area contributed by atoms with Gasteiger partial charge in [0.1, 0.15) is 0 Å². The largest absolute Gasteiger partial charge is 0.380 e. The number of hydrogen-bond acceptors (Lipinski definition) is 2. The molecule has 2 nitrogen and oxygen atoms in total. The Labute approximate surface area is 99.9 Å². The molecule has 1 aromatic carbocycles. The highest BCUT2D eigenvalue weighted by atomic mass is 35.5. The van der Waals surface area contributed by atoms with Crippen molar-refractivity contribution in [1.82, 2.24) is 4.98 Å². The van der Waals surface area contributed by atoms with Gasteiger partial charge in [0.25, 0.3) is 0 Å². The number of aromatic nitrogens is 1. The highest BCUT2D eigenvalue weighted by Gasteiger charge is 2.05. The lowest BCUT2D eigenvalue weighted by atomic mass is 10.1. The first-order valence-corrected chi connectivity index (χ1v) is 5.38. The minimum atomic E-state index is 0.551. The van der Waals surface area contributed by atoms with E-state index in [0.29, 0.717) is 11.6 Å². The van der Waals surface area contributed by atoms with Gasteiger partial charge in [-0.25, -0.2) is 0 Å². The van der Waals surface area contributed by atoms with Gasteiger partial charge in [-0.1, -0.05) is 29.8 Å². The molecule has 2 aromatic rings. The van der Waals surface area contributed by atoms with Crippen LogP contribution in [-0.2, 0) is 11.3 Å². The molecule has 0 amide bonds. The second-order valence-electron chi connectivity index (χ2n) is 3.45. The van der Waals surface area contributed by atoms with Gasteiger partial charge in [0.15, 0.2) is 0 Å². The van der Waals surface area contributed by atoms with E-state index in [1.54, 1.807) is 13.3 Å². The molecule has 1 heterocycles. The summed E-state index contributed by atoms with van der Waals surface area (Å²) in [5.74, 6) is 0. The lowest BCUT2D eigenvalue weighted by Crippen LogP contribution is -1.94. The van der Waals surface area contributed by atoms with Crippen molar-refractivity contribution < 1.29 is 4.74 Å². The normalized spacial score (nSPS) is 10.4. The Hall–Kier alpha value is -1.38. The molecule has 0 spiro atoms. The number of benzene rings is 1. The van der Waals surface area contributed by atoms with Crippen molar-refractivity contribution in [2.75, 3.05) is 7.11 Å². The number of hydrogen-bond donors (Lipinski definition) is 0. The van der Waals surface area contributed by atoms with Gasteiger partial charge in [0.05, 0.1) is 12.3 Å². The summed E-state index contributed by atoms with van der Waals surface area (Å²) >= 11 is 5.97. The van der Waals surface area contributed by atoms with Crippen LogP contribution in [0.4, 0.5) is 0 Å². The molecule has 82 valence electrons. The van der Waals surface area contributed by atoms with E-state index in [1.165, 1.54) is 0 Å². The third-order valence-electron chi connectivity index (χ3n) is 2.29. The van der Waals surface area contributed by atoms with Crippen LogP contribution in [0.3, 0.4) is 0 Å². The zero-order chi connectivity index (χ0) is 11.4. The van der Waals surface area contributed by atoms with Gasteiger partial charge in [-0.15, -0.1) is 0 Å². The molecule has 0 unspecified atom stereocenters. The Kier molecular flexibility index (Phi) is 3.54. The highest BCUT2D eigenvalue weighted by Crippen LogP contribution is 2.24. The Morgan fingerprint density at radius 1 is 1.25 bits per heavy atom. The molecule has 1 aromatic heterocycles. The molecular weight excluding hydrogens is 222 g/mol. The fourth-order valence-electron chi connectivity index (χ4n) is 1.61. The zero-order valence-corrected chi connectivity index (χ0v) is 9.74. The topological polar surface area (TPSA) is 22.1 Å². The van der Waals surface area contributed by atoms with Gasteiger partial charge in [0, 0.05) is 29.5 Å². The molecule has 3 heteroatoms. The summed E-state index contributed by atoms with van der Waals surface area (Å²) in [5.41, 5.74) is 3.00. The molecule has 0 aliphatic rings. The predicted molar refractivity (Wildman–Crippen MR) is 65.4 cm³/mol. The molecule has 0 saturated carbocycles. The van der Waals surface area contributed by atoms with Crippen molar-refractivity contribution >= 4 is 11.6 Å². The fraction of sp³-hybridized carbons (Fsp3) is 0.154. The molecule has 0 aliphatic heterocycles. The first-order chi connectivity index (χ1) is 7.81. The van der Waals surface area contributed by atoms with Crippen LogP contribution in [-0.4, -0.2) is 12.1 Å². The smallest absolute Gasteiger partial charge is 0.0757 e. The lowest BCUT2D eigenvalue weighted by Gasteiger charge is -2.07. The van der Waals surface area contributed by atoms with E-state index in [0.717, 1.165) is 16.8 Å². The van der Waals surface area contributed by atoms with Crippen molar-refractivity contribution in [3.05, 3.63) is 53.2 Å². The summed E-state index contributed by atoms with van der Waals surface area (Å²) in [4.78, 5) is 4.37. The SMILES string of the molecule is COCc1cccnc1-c1cccc(Cl)c1. The van der Waals surface area contributed by atoms with E-state index in [4.69, 9.17) is 16.3 Å². The third kappa shape index (κ3) is 2.40. The maximum Gasteiger partial charge on any atom is 0.0757 e. The van der Waals surface area contributed by atoms with Crippen LogP contribution in [0.15, 0.2) is 42.6 Å².